The summed E-state index contributed by atoms with van der Waals surface area (Å²) in [7, 11) is 0. The first-order chi connectivity index (χ1) is 17.4. The van der Waals surface area contributed by atoms with E-state index in [0.29, 0.717) is 31.6 Å². The minimum Gasteiger partial charge on any atom is -0.466 e. The van der Waals surface area contributed by atoms with Gasteiger partial charge in [0.25, 0.3) is 0 Å². The van der Waals surface area contributed by atoms with E-state index in [9.17, 15) is 18.0 Å². The quantitative estimate of drug-likeness (QED) is 0.412. The molecule has 0 radical (unpaired) electrons. The number of nitrogen functional groups attached to an aromatic ring is 1. The van der Waals surface area contributed by atoms with Gasteiger partial charge in [-0.1, -0.05) is 6.07 Å². The first-order valence-corrected chi connectivity index (χ1v) is 11.5. The number of aromatic nitrogens is 4. The van der Waals surface area contributed by atoms with Crippen molar-refractivity contribution in [3.8, 4) is 16.9 Å². The van der Waals surface area contributed by atoms with Crippen molar-refractivity contribution >= 4 is 28.8 Å². The van der Waals surface area contributed by atoms with Gasteiger partial charge in [-0.3, -0.25) is 4.79 Å². The van der Waals surface area contributed by atoms with E-state index in [0.717, 1.165) is 12.1 Å². The van der Waals surface area contributed by atoms with E-state index in [1.807, 2.05) is 4.90 Å². The Hall–Kier alpha value is -4.15. The van der Waals surface area contributed by atoms with Gasteiger partial charge < -0.3 is 15.4 Å². The number of rotatable bonds is 5. The molecule has 2 N–H and O–H groups in total. The zero-order chi connectivity index (χ0) is 25.4. The first kappa shape index (κ1) is 23.6. The van der Waals surface area contributed by atoms with Crippen LogP contribution in [0.5, 0.6) is 0 Å². The Bertz CT molecular complexity index is 1460. The largest absolute Gasteiger partial charge is 0.466 e. The predicted octanol–water partition coefficient (Wildman–Crippen LogP) is 4.26. The number of piperidine rings is 1. The molecule has 1 fully saturated rings. The van der Waals surface area contributed by atoms with Crippen LogP contribution in [0.4, 0.5) is 24.9 Å². The van der Waals surface area contributed by atoms with E-state index in [1.165, 1.54) is 28.9 Å². The summed E-state index contributed by atoms with van der Waals surface area (Å²) in [6.07, 6.45) is 1.36. The molecule has 1 saturated heterocycles. The molecule has 2 aromatic heterocycles. The fraction of sp³-hybridized carbons (Fsp3) is 0.280. The zero-order valence-corrected chi connectivity index (χ0v) is 19.4. The summed E-state index contributed by atoms with van der Waals surface area (Å²) in [5.41, 5.74) is 7.01. The number of fused-ring (bicyclic) bond motifs is 1. The molecule has 4 aromatic rings. The molecule has 0 bridgehead atoms. The minimum absolute atomic E-state index is 0.00879. The summed E-state index contributed by atoms with van der Waals surface area (Å²) in [6, 6.07) is 8.82. The van der Waals surface area contributed by atoms with Gasteiger partial charge >= 0.3 is 5.97 Å². The van der Waals surface area contributed by atoms with Gasteiger partial charge in [0.1, 0.15) is 23.3 Å². The van der Waals surface area contributed by atoms with Gasteiger partial charge in [0.05, 0.1) is 29.3 Å². The topological polar surface area (TPSA) is 99.2 Å². The fourth-order valence-corrected chi connectivity index (χ4v) is 4.43. The Morgan fingerprint density at radius 2 is 1.94 bits per heavy atom. The second kappa shape index (κ2) is 9.48. The Balaban J connectivity index is 1.67. The summed E-state index contributed by atoms with van der Waals surface area (Å²) >= 11 is 0. The van der Waals surface area contributed by atoms with Gasteiger partial charge in [-0.25, -0.2) is 22.8 Å². The summed E-state index contributed by atoms with van der Waals surface area (Å²) in [4.78, 5) is 23.3. The number of nitrogens with zero attached hydrogens (tertiary/aromatic N) is 5. The molecule has 186 valence electrons. The van der Waals surface area contributed by atoms with Gasteiger partial charge in [-0.15, -0.1) is 5.10 Å². The molecule has 0 amide bonds. The van der Waals surface area contributed by atoms with Gasteiger partial charge in [0.2, 0.25) is 5.95 Å². The third-order valence-corrected chi connectivity index (χ3v) is 6.12. The van der Waals surface area contributed by atoms with Crippen molar-refractivity contribution in [3.63, 3.8) is 0 Å². The average molecular weight is 496 g/mol. The fourth-order valence-electron chi connectivity index (χ4n) is 4.43. The van der Waals surface area contributed by atoms with Crippen molar-refractivity contribution in [1.29, 1.82) is 0 Å². The van der Waals surface area contributed by atoms with Gasteiger partial charge in [-0.05, 0) is 50.1 Å². The van der Waals surface area contributed by atoms with Crippen molar-refractivity contribution in [1.82, 2.24) is 19.7 Å². The predicted molar refractivity (Wildman–Crippen MR) is 128 cm³/mol. The Morgan fingerprint density at radius 3 is 2.69 bits per heavy atom. The number of hydrogen-bond acceptors (Lipinski definition) is 7. The normalized spacial score (nSPS) is 15.9. The molecule has 0 unspecified atom stereocenters. The van der Waals surface area contributed by atoms with Crippen LogP contribution >= 0.6 is 0 Å². The van der Waals surface area contributed by atoms with E-state index in [2.05, 4.69) is 15.1 Å². The molecule has 2 aromatic carbocycles. The van der Waals surface area contributed by atoms with Gasteiger partial charge in [0.15, 0.2) is 5.65 Å². The lowest BCUT2D eigenvalue weighted by Crippen LogP contribution is -2.40. The molecule has 0 spiro atoms. The number of ether oxygens (including phenoxy) is 1. The van der Waals surface area contributed by atoms with E-state index in [4.69, 9.17) is 10.5 Å². The van der Waals surface area contributed by atoms with Crippen molar-refractivity contribution in [2.24, 2.45) is 5.92 Å². The zero-order valence-electron chi connectivity index (χ0n) is 19.4. The van der Waals surface area contributed by atoms with Crippen molar-refractivity contribution in [2.75, 3.05) is 30.3 Å². The molecule has 0 saturated carbocycles. The van der Waals surface area contributed by atoms with Crippen molar-refractivity contribution < 1.29 is 22.7 Å². The maximum atomic E-state index is 14.9. The summed E-state index contributed by atoms with van der Waals surface area (Å²) in [6.45, 7) is 2.91. The number of nitrogens with two attached hydrogens (primary N) is 1. The number of halogens is 3. The maximum absolute atomic E-state index is 14.9. The van der Waals surface area contributed by atoms with Crippen LogP contribution in [0.1, 0.15) is 19.8 Å². The Kier molecular flexibility index (Phi) is 6.21. The number of carbonyl (C=O) groups excluding carboxylic acids is 1. The molecule has 5 rings (SSSR count). The lowest BCUT2D eigenvalue weighted by molar-refractivity contribution is -0.148. The van der Waals surface area contributed by atoms with Crippen molar-refractivity contribution in [2.45, 2.75) is 19.8 Å². The Labute approximate surface area is 204 Å². The third kappa shape index (κ3) is 4.32. The smallest absolute Gasteiger partial charge is 0.310 e. The molecule has 11 heteroatoms. The van der Waals surface area contributed by atoms with Crippen LogP contribution in [0.15, 0.2) is 42.5 Å². The van der Waals surface area contributed by atoms with Crippen LogP contribution in [0.2, 0.25) is 0 Å². The standard InChI is InChI=1S/C25H23F3N6O2/c1-2-36-24(35)14-5-4-10-33(13-14)25-30-21(18-9-8-16(27)12-19(18)28)20-22(29)34(32-23(20)31-25)17-7-3-6-15(26)11-17/h3,6-9,11-12,14H,2,4-5,10,13,29H2,1H3/t14-/m0/s1. The molecule has 1 aliphatic rings. The molecule has 1 atom stereocenters. The van der Waals surface area contributed by atoms with Crippen LogP contribution in [0.3, 0.4) is 0 Å². The first-order valence-electron chi connectivity index (χ1n) is 11.5. The summed E-state index contributed by atoms with van der Waals surface area (Å²) in [5, 5.41) is 4.70. The van der Waals surface area contributed by atoms with Crippen LogP contribution in [0.25, 0.3) is 28.0 Å². The lowest BCUT2D eigenvalue weighted by Gasteiger charge is -2.31. The number of esters is 1. The van der Waals surface area contributed by atoms with Gasteiger partial charge in [-0.2, -0.15) is 4.98 Å². The van der Waals surface area contributed by atoms with Gasteiger partial charge in [0, 0.05) is 24.7 Å². The Morgan fingerprint density at radius 1 is 1.14 bits per heavy atom. The second-order valence-electron chi connectivity index (χ2n) is 8.51. The number of carbonyl (C=O) groups is 1. The van der Waals surface area contributed by atoms with E-state index >= 15 is 0 Å². The average Bonchev–Trinajstić information content (AvgIpc) is 3.20. The molecule has 36 heavy (non-hydrogen) atoms. The highest BCUT2D eigenvalue weighted by Crippen LogP contribution is 2.35. The monoisotopic (exact) mass is 496 g/mol. The van der Waals surface area contributed by atoms with Crippen LogP contribution in [-0.2, 0) is 9.53 Å². The highest BCUT2D eigenvalue weighted by molar-refractivity contribution is 5.99. The highest BCUT2D eigenvalue weighted by atomic mass is 19.1. The number of benzene rings is 2. The highest BCUT2D eigenvalue weighted by Gasteiger charge is 2.30. The summed E-state index contributed by atoms with van der Waals surface area (Å²) in [5.74, 6) is -2.42. The van der Waals surface area contributed by atoms with Crippen LogP contribution in [-0.4, -0.2) is 45.4 Å². The third-order valence-electron chi connectivity index (χ3n) is 6.12. The van der Waals surface area contributed by atoms with E-state index in [-0.39, 0.29) is 52.6 Å². The molecule has 3 heterocycles. The van der Waals surface area contributed by atoms with Crippen LogP contribution < -0.4 is 10.6 Å². The molecular formula is C25H23F3N6O2. The molecule has 0 aliphatic carbocycles. The maximum Gasteiger partial charge on any atom is 0.310 e. The van der Waals surface area contributed by atoms with E-state index in [1.54, 1.807) is 13.0 Å². The minimum atomic E-state index is -0.832. The van der Waals surface area contributed by atoms with Crippen molar-refractivity contribution in [3.05, 3.63) is 59.9 Å². The lowest BCUT2D eigenvalue weighted by atomic mass is 9.98. The number of hydrogen-bond donors (Lipinski definition) is 1. The number of anilines is 2. The summed E-state index contributed by atoms with van der Waals surface area (Å²) < 4.78 is 49.0. The van der Waals surface area contributed by atoms with Crippen LogP contribution in [0, 0.1) is 23.4 Å². The van der Waals surface area contributed by atoms with E-state index < -0.39 is 17.5 Å². The molecule has 8 nitrogen and oxygen atoms in total. The SMILES string of the molecule is CCOC(=O)[C@H]1CCCN(c2nc(-c3ccc(F)cc3F)c3c(N)n(-c4cccc(F)c4)nc3n2)C1. The molecular weight excluding hydrogens is 473 g/mol. The second-order valence-corrected chi connectivity index (χ2v) is 8.51. The molecule has 1 aliphatic heterocycles.